The van der Waals surface area contributed by atoms with Crippen molar-refractivity contribution in [2.75, 3.05) is 0 Å². The maximum absolute atomic E-state index is 13.1. The van der Waals surface area contributed by atoms with Crippen LogP contribution in [0, 0.1) is 5.82 Å². The summed E-state index contributed by atoms with van der Waals surface area (Å²) in [5.41, 5.74) is 6.98. The number of benzene rings is 2. The summed E-state index contributed by atoms with van der Waals surface area (Å²) in [4.78, 5) is 10.9. The molecule has 116 valence electrons. The predicted octanol–water partition coefficient (Wildman–Crippen LogP) is 2.37. The van der Waals surface area contributed by atoms with Gasteiger partial charge in [0.2, 0.25) is 5.91 Å². The lowest BCUT2D eigenvalue weighted by atomic mass is 10.2. The van der Waals surface area contributed by atoms with E-state index in [0.29, 0.717) is 18.9 Å². The molecular weight excluding hydrogens is 283 g/mol. The molecule has 0 fully saturated rings. The van der Waals surface area contributed by atoms with Crippen molar-refractivity contribution in [2.24, 2.45) is 5.73 Å². The minimum absolute atomic E-state index is 0.272. The highest BCUT2D eigenvalue weighted by Gasteiger charge is 2.07. The first-order valence-corrected chi connectivity index (χ1v) is 7.03. The molecule has 1 amide bonds. The molecule has 4 nitrogen and oxygen atoms in total. The Hall–Kier alpha value is -2.40. The number of halogens is 1. The van der Waals surface area contributed by atoms with Crippen molar-refractivity contribution in [1.82, 2.24) is 5.32 Å². The van der Waals surface area contributed by atoms with Gasteiger partial charge in [0.15, 0.2) is 0 Å². The largest absolute Gasteiger partial charge is 0.489 e. The van der Waals surface area contributed by atoms with E-state index in [-0.39, 0.29) is 17.8 Å². The number of hydrogen-bond acceptors (Lipinski definition) is 3. The molecule has 0 aliphatic heterocycles. The quantitative estimate of drug-likeness (QED) is 0.825. The maximum Gasteiger partial charge on any atom is 0.234 e. The summed E-state index contributed by atoms with van der Waals surface area (Å²) in [6.45, 7) is 2.58. The number of hydrogen-bond donors (Lipinski definition) is 2. The molecule has 1 unspecified atom stereocenters. The summed E-state index contributed by atoms with van der Waals surface area (Å²) in [6.07, 6.45) is 0. The SMILES string of the molecule is CC(NCc1ccc(OCc2cccc(F)c2)cc1)C(N)=O. The standard InChI is InChI=1S/C17H19FN2O2/c1-12(17(19)21)20-10-13-5-7-16(8-6-13)22-11-14-3-2-4-15(18)9-14/h2-9,12,20H,10-11H2,1H3,(H2,19,21). The van der Waals surface area contributed by atoms with Crippen LogP contribution in [0.5, 0.6) is 5.75 Å². The molecule has 0 aliphatic rings. The van der Waals surface area contributed by atoms with Crippen LogP contribution in [-0.4, -0.2) is 11.9 Å². The molecule has 22 heavy (non-hydrogen) atoms. The Kier molecular flexibility index (Phi) is 5.49. The van der Waals surface area contributed by atoms with Crippen molar-refractivity contribution in [3.05, 3.63) is 65.5 Å². The molecule has 5 heteroatoms. The van der Waals surface area contributed by atoms with Crippen molar-refractivity contribution in [2.45, 2.75) is 26.1 Å². The lowest BCUT2D eigenvalue weighted by molar-refractivity contribution is -0.119. The minimum Gasteiger partial charge on any atom is -0.489 e. The van der Waals surface area contributed by atoms with Crippen LogP contribution in [0.2, 0.25) is 0 Å². The van der Waals surface area contributed by atoms with Crippen LogP contribution in [0.3, 0.4) is 0 Å². The molecule has 0 saturated heterocycles. The summed E-state index contributed by atoms with van der Waals surface area (Å²) in [5, 5.41) is 3.02. The van der Waals surface area contributed by atoms with E-state index in [4.69, 9.17) is 10.5 Å². The van der Waals surface area contributed by atoms with Crippen LogP contribution < -0.4 is 15.8 Å². The number of primary amides is 1. The Morgan fingerprint density at radius 1 is 1.23 bits per heavy atom. The van der Waals surface area contributed by atoms with Crippen LogP contribution in [0.1, 0.15) is 18.1 Å². The monoisotopic (exact) mass is 302 g/mol. The van der Waals surface area contributed by atoms with Crippen molar-refractivity contribution in [3.63, 3.8) is 0 Å². The van der Waals surface area contributed by atoms with Gasteiger partial charge in [0.05, 0.1) is 6.04 Å². The number of nitrogens with one attached hydrogen (secondary N) is 1. The number of ether oxygens (including phenoxy) is 1. The van der Waals surface area contributed by atoms with Gasteiger partial charge in [-0.15, -0.1) is 0 Å². The van der Waals surface area contributed by atoms with E-state index in [1.165, 1.54) is 12.1 Å². The van der Waals surface area contributed by atoms with Gasteiger partial charge in [0.25, 0.3) is 0 Å². The van der Waals surface area contributed by atoms with Crippen LogP contribution in [0.4, 0.5) is 4.39 Å². The van der Waals surface area contributed by atoms with E-state index in [1.54, 1.807) is 13.0 Å². The third kappa shape index (κ3) is 4.86. The van der Waals surface area contributed by atoms with Gasteiger partial charge in [0.1, 0.15) is 18.2 Å². The summed E-state index contributed by atoms with van der Waals surface area (Å²) in [6, 6.07) is 13.4. The smallest absolute Gasteiger partial charge is 0.234 e. The van der Waals surface area contributed by atoms with E-state index in [2.05, 4.69) is 5.32 Å². The second-order valence-corrected chi connectivity index (χ2v) is 5.07. The third-order valence-electron chi connectivity index (χ3n) is 3.26. The maximum atomic E-state index is 13.1. The molecule has 0 saturated carbocycles. The van der Waals surface area contributed by atoms with Gasteiger partial charge in [-0.3, -0.25) is 4.79 Å². The van der Waals surface area contributed by atoms with Crippen molar-refractivity contribution in [1.29, 1.82) is 0 Å². The molecule has 2 rings (SSSR count). The summed E-state index contributed by atoms with van der Waals surface area (Å²) < 4.78 is 18.7. The second kappa shape index (κ2) is 7.56. The summed E-state index contributed by atoms with van der Waals surface area (Å²) in [5.74, 6) is 0.0529. The average molecular weight is 302 g/mol. The first-order chi connectivity index (χ1) is 10.5. The molecule has 2 aromatic carbocycles. The van der Waals surface area contributed by atoms with Gasteiger partial charge in [-0.1, -0.05) is 24.3 Å². The Labute approximate surface area is 129 Å². The highest BCUT2D eigenvalue weighted by molar-refractivity contribution is 5.79. The van der Waals surface area contributed by atoms with Crippen LogP contribution in [0.25, 0.3) is 0 Å². The molecule has 0 heterocycles. The molecule has 0 spiro atoms. The fraction of sp³-hybridized carbons (Fsp3) is 0.235. The number of carbonyl (C=O) groups excluding carboxylic acids is 1. The van der Waals surface area contributed by atoms with Gasteiger partial charge in [0, 0.05) is 6.54 Å². The first-order valence-electron chi connectivity index (χ1n) is 7.03. The van der Waals surface area contributed by atoms with Crippen LogP contribution >= 0.6 is 0 Å². The molecular formula is C17H19FN2O2. The summed E-state index contributed by atoms with van der Waals surface area (Å²) >= 11 is 0. The Bertz CT molecular complexity index is 629. The molecule has 2 aromatic rings. The number of rotatable bonds is 7. The van der Waals surface area contributed by atoms with Crippen molar-refractivity contribution in [3.8, 4) is 5.75 Å². The zero-order valence-corrected chi connectivity index (χ0v) is 12.4. The Balaban J connectivity index is 1.85. The third-order valence-corrected chi connectivity index (χ3v) is 3.26. The minimum atomic E-state index is -0.380. The zero-order valence-electron chi connectivity index (χ0n) is 12.4. The zero-order chi connectivity index (χ0) is 15.9. The number of amides is 1. The normalized spacial score (nSPS) is 11.9. The molecule has 0 radical (unpaired) electrons. The van der Waals surface area contributed by atoms with Gasteiger partial charge in [-0.05, 0) is 42.3 Å². The summed E-state index contributed by atoms with van der Waals surface area (Å²) in [7, 11) is 0. The van der Waals surface area contributed by atoms with Gasteiger partial charge < -0.3 is 15.8 Å². The van der Waals surface area contributed by atoms with Gasteiger partial charge >= 0.3 is 0 Å². The highest BCUT2D eigenvalue weighted by Crippen LogP contribution is 2.14. The highest BCUT2D eigenvalue weighted by atomic mass is 19.1. The Morgan fingerprint density at radius 2 is 1.95 bits per heavy atom. The topological polar surface area (TPSA) is 64.3 Å². The van der Waals surface area contributed by atoms with E-state index in [0.717, 1.165) is 11.1 Å². The van der Waals surface area contributed by atoms with Gasteiger partial charge in [-0.2, -0.15) is 0 Å². The lowest BCUT2D eigenvalue weighted by Crippen LogP contribution is -2.38. The van der Waals surface area contributed by atoms with E-state index in [1.807, 2.05) is 30.3 Å². The fourth-order valence-electron chi connectivity index (χ4n) is 1.87. The van der Waals surface area contributed by atoms with E-state index >= 15 is 0 Å². The molecule has 1 atom stereocenters. The first kappa shape index (κ1) is 16.0. The van der Waals surface area contributed by atoms with Crippen LogP contribution in [0.15, 0.2) is 48.5 Å². The number of nitrogens with two attached hydrogens (primary N) is 1. The van der Waals surface area contributed by atoms with E-state index in [9.17, 15) is 9.18 Å². The molecule has 0 aliphatic carbocycles. The van der Waals surface area contributed by atoms with Gasteiger partial charge in [-0.25, -0.2) is 4.39 Å². The van der Waals surface area contributed by atoms with Crippen molar-refractivity contribution >= 4 is 5.91 Å². The molecule has 3 N–H and O–H groups in total. The predicted molar refractivity (Wildman–Crippen MR) is 82.7 cm³/mol. The van der Waals surface area contributed by atoms with Crippen molar-refractivity contribution < 1.29 is 13.9 Å². The second-order valence-electron chi connectivity index (χ2n) is 5.07. The van der Waals surface area contributed by atoms with E-state index < -0.39 is 0 Å². The number of carbonyl (C=O) groups is 1. The Morgan fingerprint density at radius 3 is 2.59 bits per heavy atom. The lowest BCUT2D eigenvalue weighted by Gasteiger charge is -2.11. The molecule has 0 aromatic heterocycles. The fourth-order valence-corrected chi connectivity index (χ4v) is 1.87. The molecule has 0 bridgehead atoms. The van der Waals surface area contributed by atoms with Crippen LogP contribution in [-0.2, 0) is 17.9 Å². The average Bonchev–Trinajstić information content (AvgIpc) is 2.51.